The van der Waals surface area contributed by atoms with Gasteiger partial charge in [-0.25, -0.2) is 0 Å². The number of nitrogens with zero attached hydrogens (tertiary/aromatic N) is 3. The molecule has 1 saturated heterocycles. The van der Waals surface area contributed by atoms with Gasteiger partial charge in [-0.15, -0.1) is 0 Å². The average Bonchev–Trinajstić information content (AvgIpc) is 3.22. The molecule has 2 aliphatic rings. The lowest BCUT2D eigenvalue weighted by Gasteiger charge is -2.36. The van der Waals surface area contributed by atoms with Crippen molar-refractivity contribution in [3.63, 3.8) is 0 Å². The molecule has 1 aromatic heterocycles. The molecule has 2 heterocycles. The average molecular weight is 319 g/mol. The first-order valence-electron chi connectivity index (χ1n) is 8.73. The van der Waals surface area contributed by atoms with Gasteiger partial charge in [0.2, 0.25) is 0 Å². The van der Waals surface area contributed by atoms with Crippen LogP contribution in [0.5, 0.6) is 0 Å². The number of piperidine rings is 1. The first kappa shape index (κ1) is 16.0. The van der Waals surface area contributed by atoms with Crippen LogP contribution in [0.4, 0.5) is 0 Å². The Labute approximate surface area is 136 Å². The number of carbonyl (C=O) groups excluding carboxylic acids is 1. The molecule has 23 heavy (non-hydrogen) atoms. The first-order chi connectivity index (χ1) is 11.2. The van der Waals surface area contributed by atoms with E-state index in [9.17, 15) is 9.59 Å². The van der Waals surface area contributed by atoms with E-state index in [4.69, 9.17) is 5.11 Å². The lowest BCUT2D eigenvalue weighted by molar-refractivity contribution is -0.137. The lowest BCUT2D eigenvalue weighted by Crippen LogP contribution is -2.44. The van der Waals surface area contributed by atoms with Crippen LogP contribution in [0.1, 0.15) is 74.3 Å². The van der Waals surface area contributed by atoms with E-state index in [0.29, 0.717) is 18.2 Å². The number of hydrogen-bond acceptors (Lipinski definition) is 3. The molecule has 0 bridgehead atoms. The van der Waals surface area contributed by atoms with E-state index in [0.717, 1.165) is 38.6 Å². The molecular formula is C17H25N3O3. The Balaban J connectivity index is 1.75. The van der Waals surface area contributed by atoms with Gasteiger partial charge in [0.15, 0.2) is 0 Å². The van der Waals surface area contributed by atoms with Crippen LogP contribution < -0.4 is 0 Å². The maximum atomic E-state index is 13.0. The van der Waals surface area contributed by atoms with E-state index in [1.54, 1.807) is 6.20 Å². The number of carboxylic acids is 1. The van der Waals surface area contributed by atoms with Crippen molar-refractivity contribution in [1.29, 1.82) is 0 Å². The second kappa shape index (κ2) is 7.15. The Morgan fingerprint density at radius 2 is 1.91 bits per heavy atom. The monoisotopic (exact) mass is 319 g/mol. The van der Waals surface area contributed by atoms with Crippen LogP contribution in [0.3, 0.4) is 0 Å². The summed E-state index contributed by atoms with van der Waals surface area (Å²) in [5, 5.41) is 13.3. The van der Waals surface area contributed by atoms with E-state index in [-0.39, 0.29) is 18.4 Å². The van der Waals surface area contributed by atoms with Gasteiger partial charge < -0.3 is 10.0 Å². The molecule has 0 aromatic carbocycles. The van der Waals surface area contributed by atoms with E-state index in [1.165, 1.54) is 12.8 Å². The van der Waals surface area contributed by atoms with Gasteiger partial charge in [-0.3, -0.25) is 14.3 Å². The fraction of sp³-hybridized carbons (Fsp3) is 0.706. The summed E-state index contributed by atoms with van der Waals surface area (Å²) in [7, 11) is 0. The number of likely N-dealkylation sites (tertiary alicyclic amines) is 1. The van der Waals surface area contributed by atoms with Gasteiger partial charge in [0.25, 0.3) is 5.91 Å². The standard InChI is InChI=1S/C17H25N3O3/c21-16(22)9-8-13-5-3-4-12-19(13)17(23)15-10-11-18-20(15)14-6-1-2-7-14/h10-11,13-14H,1-9,12H2,(H,21,22). The molecule has 3 rings (SSSR count). The summed E-state index contributed by atoms with van der Waals surface area (Å²) >= 11 is 0. The molecule has 0 radical (unpaired) electrons. The molecule has 1 amide bonds. The molecule has 1 atom stereocenters. The van der Waals surface area contributed by atoms with Crippen molar-refractivity contribution in [2.45, 2.75) is 69.9 Å². The molecule has 1 unspecified atom stereocenters. The van der Waals surface area contributed by atoms with Crippen molar-refractivity contribution in [2.75, 3.05) is 6.54 Å². The zero-order chi connectivity index (χ0) is 16.2. The Morgan fingerprint density at radius 1 is 1.17 bits per heavy atom. The third kappa shape index (κ3) is 3.57. The van der Waals surface area contributed by atoms with Crippen molar-refractivity contribution in [1.82, 2.24) is 14.7 Å². The normalized spacial score (nSPS) is 22.4. The minimum Gasteiger partial charge on any atom is -0.481 e. The Kier molecular flexibility index (Phi) is 4.98. The van der Waals surface area contributed by atoms with Crippen LogP contribution in [-0.2, 0) is 4.79 Å². The second-order valence-electron chi connectivity index (χ2n) is 6.68. The van der Waals surface area contributed by atoms with E-state index in [2.05, 4.69) is 5.10 Å². The summed E-state index contributed by atoms with van der Waals surface area (Å²) in [6.07, 6.45) is 9.90. The van der Waals surface area contributed by atoms with E-state index >= 15 is 0 Å². The van der Waals surface area contributed by atoms with Crippen molar-refractivity contribution in [2.24, 2.45) is 0 Å². The number of carbonyl (C=O) groups is 2. The smallest absolute Gasteiger partial charge is 0.303 e. The molecule has 1 aliphatic carbocycles. The van der Waals surface area contributed by atoms with Gasteiger partial charge in [0, 0.05) is 25.2 Å². The van der Waals surface area contributed by atoms with Crippen LogP contribution in [-0.4, -0.2) is 44.3 Å². The maximum Gasteiger partial charge on any atom is 0.303 e. The number of carboxylic acid groups (broad SMARTS) is 1. The molecule has 1 aromatic rings. The Morgan fingerprint density at radius 3 is 2.65 bits per heavy atom. The Bertz CT molecular complexity index is 563. The quantitative estimate of drug-likeness (QED) is 0.905. The Hall–Kier alpha value is -1.85. The summed E-state index contributed by atoms with van der Waals surface area (Å²) in [6.45, 7) is 0.721. The topological polar surface area (TPSA) is 75.4 Å². The summed E-state index contributed by atoms with van der Waals surface area (Å²) in [6, 6.07) is 2.19. The number of amides is 1. The summed E-state index contributed by atoms with van der Waals surface area (Å²) in [4.78, 5) is 25.8. The zero-order valence-electron chi connectivity index (χ0n) is 13.5. The van der Waals surface area contributed by atoms with Crippen LogP contribution in [0.2, 0.25) is 0 Å². The highest BCUT2D eigenvalue weighted by molar-refractivity contribution is 5.93. The number of aliphatic carboxylic acids is 1. The largest absolute Gasteiger partial charge is 0.481 e. The van der Waals surface area contributed by atoms with Gasteiger partial charge >= 0.3 is 5.97 Å². The van der Waals surface area contributed by atoms with Gasteiger partial charge in [-0.2, -0.15) is 5.10 Å². The molecule has 126 valence electrons. The van der Waals surface area contributed by atoms with E-state index in [1.807, 2.05) is 15.6 Å². The van der Waals surface area contributed by atoms with Crippen molar-refractivity contribution < 1.29 is 14.7 Å². The highest BCUT2D eigenvalue weighted by atomic mass is 16.4. The molecule has 6 heteroatoms. The first-order valence-corrected chi connectivity index (χ1v) is 8.73. The van der Waals surface area contributed by atoms with Gasteiger partial charge in [-0.1, -0.05) is 12.8 Å². The van der Waals surface area contributed by atoms with Crippen LogP contribution in [0.15, 0.2) is 12.3 Å². The third-order valence-corrected chi connectivity index (χ3v) is 5.14. The summed E-state index contributed by atoms with van der Waals surface area (Å²) in [5.41, 5.74) is 0.666. The highest BCUT2D eigenvalue weighted by Crippen LogP contribution is 2.31. The van der Waals surface area contributed by atoms with Crippen LogP contribution in [0.25, 0.3) is 0 Å². The predicted octanol–water partition coefficient (Wildman–Crippen LogP) is 2.86. The fourth-order valence-corrected chi connectivity index (χ4v) is 3.93. The fourth-order valence-electron chi connectivity index (χ4n) is 3.93. The molecule has 1 saturated carbocycles. The van der Waals surface area contributed by atoms with Gasteiger partial charge in [-0.05, 0) is 44.6 Å². The zero-order valence-corrected chi connectivity index (χ0v) is 13.5. The van der Waals surface area contributed by atoms with Crippen LogP contribution in [0, 0.1) is 0 Å². The third-order valence-electron chi connectivity index (χ3n) is 5.14. The number of hydrogen-bond donors (Lipinski definition) is 1. The molecular weight excluding hydrogens is 294 g/mol. The predicted molar refractivity (Wildman–Crippen MR) is 85.3 cm³/mol. The molecule has 0 spiro atoms. The van der Waals surface area contributed by atoms with Crippen molar-refractivity contribution in [3.05, 3.63) is 18.0 Å². The maximum absolute atomic E-state index is 13.0. The van der Waals surface area contributed by atoms with Crippen molar-refractivity contribution in [3.8, 4) is 0 Å². The van der Waals surface area contributed by atoms with E-state index < -0.39 is 5.97 Å². The molecule has 1 N–H and O–H groups in total. The number of aromatic nitrogens is 2. The highest BCUT2D eigenvalue weighted by Gasteiger charge is 2.31. The summed E-state index contributed by atoms with van der Waals surface area (Å²) < 4.78 is 1.90. The van der Waals surface area contributed by atoms with Crippen LogP contribution >= 0.6 is 0 Å². The molecule has 1 aliphatic heterocycles. The number of rotatable bonds is 5. The second-order valence-corrected chi connectivity index (χ2v) is 6.68. The van der Waals surface area contributed by atoms with Crippen molar-refractivity contribution >= 4 is 11.9 Å². The van der Waals surface area contributed by atoms with Gasteiger partial charge in [0.05, 0.1) is 6.04 Å². The lowest BCUT2D eigenvalue weighted by atomic mass is 9.97. The summed E-state index contributed by atoms with van der Waals surface area (Å²) in [5.74, 6) is -0.775. The molecule has 6 nitrogen and oxygen atoms in total. The molecule has 2 fully saturated rings. The minimum absolute atomic E-state index is 0.0180. The van der Waals surface area contributed by atoms with Gasteiger partial charge in [0.1, 0.15) is 5.69 Å². The SMILES string of the molecule is O=C(O)CCC1CCCCN1C(=O)c1ccnn1C1CCCC1. The minimum atomic E-state index is -0.793.